The second kappa shape index (κ2) is 5.09. The molecule has 2 unspecified atom stereocenters. The highest BCUT2D eigenvalue weighted by Crippen LogP contribution is 2.49. The third-order valence-electron chi connectivity index (χ3n) is 4.27. The van der Waals surface area contributed by atoms with E-state index >= 15 is 0 Å². The van der Waals surface area contributed by atoms with Gasteiger partial charge in [0.1, 0.15) is 0 Å². The van der Waals surface area contributed by atoms with Crippen LogP contribution in [0.1, 0.15) is 30.7 Å². The Morgan fingerprint density at radius 1 is 1.20 bits per heavy atom. The lowest BCUT2D eigenvalue weighted by Gasteiger charge is -2.32. The van der Waals surface area contributed by atoms with E-state index in [-0.39, 0.29) is 29.7 Å². The number of aliphatic carboxylic acids is 1. The summed E-state index contributed by atoms with van der Waals surface area (Å²) in [7, 11) is 0. The van der Waals surface area contributed by atoms with Crippen LogP contribution >= 0.6 is 11.6 Å². The highest BCUT2D eigenvalue weighted by atomic mass is 35.5. The van der Waals surface area contributed by atoms with E-state index in [0.717, 1.165) is 12.0 Å². The number of amides is 1. The third kappa shape index (κ3) is 2.52. The lowest BCUT2D eigenvalue weighted by atomic mass is 9.80. The first kappa shape index (κ1) is 13.4. The predicted molar refractivity (Wildman–Crippen MR) is 74.6 cm³/mol. The van der Waals surface area contributed by atoms with Gasteiger partial charge in [-0.1, -0.05) is 29.8 Å². The number of hydrogen-bond acceptors (Lipinski definition) is 2. The SMILES string of the molecule is O=C(O)C1CC(NC(=O)C2CC2c2ccccc2Cl)C1. The summed E-state index contributed by atoms with van der Waals surface area (Å²) in [4.78, 5) is 22.8. The van der Waals surface area contributed by atoms with Crippen LogP contribution in [0.25, 0.3) is 0 Å². The van der Waals surface area contributed by atoms with Crippen LogP contribution < -0.4 is 5.32 Å². The highest BCUT2D eigenvalue weighted by molar-refractivity contribution is 6.31. The van der Waals surface area contributed by atoms with Crippen LogP contribution in [0.3, 0.4) is 0 Å². The fraction of sp³-hybridized carbons (Fsp3) is 0.467. The summed E-state index contributed by atoms with van der Waals surface area (Å²) in [5, 5.41) is 12.4. The fourth-order valence-electron chi connectivity index (χ4n) is 2.85. The molecule has 20 heavy (non-hydrogen) atoms. The molecule has 0 saturated heterocycles. The number of benzene rings is 1. The average Bonchev–Trinajstić information content (AvgIpc) is 3.13. The zero-order chi connectivity index (χ0) is 14.3. The lowest BCUT2D eigenvalue weighted by molar-refractivity contribution is -0.146. The first-order valence-corrected chi connectivity index (χ1v) is 7.21. The minimum atomic E-state index is -0.768. The molecule has 106 valence electrons. The molecule has 0 aliphatic heterocycles. The fourth-order valence-corrected chi connectivity index (χ4v) is 3.13. The second-order valence-corrected chi connectivity index (χ2v) is 6.09. The van der Waals surface area contributed by atoms with Crippen molar-refractivity contribution in [3.05, 3.63) is 34.9 Å². The molecule has 0 bridgehead atoms. The molecule has 0 spiro atoms. The summed E-state index contributed by atoms with van der Waals surface area (Å²) in [6.07, 6.45) is 1.92. The van der Waals surface area contributed by atoms with Crippen LogP contribution in [0, 0.1) is 11.8 Å². The molecule has 0 heterocycles. The Labute approximate surface area is 122 Å². The predicted octanol–water partition coefficient (Wildman–Crippen LogP) is 2.42. The van der Waals surface area contributed by atoms with Gasteiger partial charge in [0.25, 0.3) is 0 Å². The molecule has 1 aromatic rings. The number of rotatable bonds is 4. The molecular formula is C15H16ClNO3. The van der Waals surface area contributed by atoms with Gasteiger partial charge in [-0.15, -0.1) is 0 Å². The van der Waals surface area contributed by atoms with Crippen molar-refractivity contribution in [2.24, 2.45) is 11.8 Å². The van der Waals surface area contributed by atoms with Crippen LogP contribution in [-0.4, -0.2) is 23.0 Å². The molecule has 0 aromatic heterocycles. The first-order valence-electron chi connectivity index (χ1n) is 6.84. The van der Waals surface area contributed by atoms with Gasteiger partial charge >= 0.3 is 5.97 Å². The van der Waals surface area contributed by atoms with Gasteiger partial charge in [-0.25, -0.2) is 0 Å². The quantitative estimate of drug-likeness (QED) is 0.896. The smallest absolute Gasteiger partial charge is 0.306 e. The van der Waals surface area contributed by atoms with Crippen molar-refractivity contribution >= 4 is 23.5 Å². The van der Waals surface area contributed by atoms with Crippen LogP contribution in [0.5, 0.6) is 0 Å². The molecule has 3 rings (SSSR count). The Balaban J connectivity index is 1.52. The molecule has 5 heteroatoms. The summed E-state index contributed by atoms with van der Waals surface area (Å²) in [5.74, 6) is -0.837. The van der Waals surface area contributed by atoms with E-state index in [1.807, 2.05) is 24.3 Å². The number of carbonyl (C=O) groups is 2. The molecule has 2 saturated carbocycles. The van der Waals surface area contributed by atoms with Crippen LogP contribution in [0.2, 0.25) is 5.02 Å². The van der Waals surface area contributed by atoms with Crippen molar-refractivity contribution in [3.63, 3.8) is 0 Å². The summed E-state index contributed by atoms with van der Waals surface area (Å²) in [6.45, 7) is 0. The number of nitrogens with one attached hydrogen (secondary N) is 1. The first-order chi connectivity index (χ1) is 9.56. The van der Waals surface area contributed by atoms with E-state index in [4.69, 9.17) is 16.7 Å². The van der Waals surface area contributed by atoms with E-state index in [1.165, 1.54) is 0 Å². The van der Waals surface area contributed by atoms with Crippen LogP contribution in [0.4, 0.5) is 0 Å². The summed E-state index contributed by atoms with van der Waals surface area (Å²) >= 11 is 6.13. The lowest BCUT2D eigenvalue weighted by Crippen LogP contribution is -2.47. The van der Waals surface area contributed by atoms with Gasteiger partial charge in [-0.2, -0.15) is 0 Å². The van der Waals surface area contributed by atoms with E-state index in [1.54, 1.807) is 0 Å². The molecule has 4 nitrogen and oxygen atoms in total. The maximum atomic E-state index is 12.1. The summed E-state index contributed by atoms with van der Waals surface area (Å²) in [5.41, 5.74) is 1.03. The van der Waals surface area contributed by atoms with Gasteiger partial charge in [0, 0.05) is 17.0 Å². The number of hydrogen-bond donors (Lipinski definition) is 2. The Hall–Kier alpha value is -1.55. The molecule has 0 radical (unpaired) electrons. The largest absolute Gasteiger partial charge is 0.481 e. The average molecular weight is 294 g/mol. The van der Waals surface area contributed by atoms with Crippen molar-refractivity contribution in [1.29, 1.82) is 0 Å². The van der Waals surface area contributed by atoms with Gasteiger partial charge in [0.15, 0.2) is 0 Å². The standard InChI is InChI=1S/C15H16ClNO3/c16-13-4-2-1-3-10(13)11-7-12(11)14(18)17-9-5-8(6-9)15(19)20/h1-4,8-9,11-12H,5-7H2,(H,17,18)(H,19,20). The number of carboxylic acid groups (broad SMARTS) is 1. The van der Waals surface area contributed by atoms with Crippen molar-refractivity contribution in [1.82, 2.24) is 5.32 Å². The maximum Gasteiger partial charge on any atom is 0.306 e. The van der Waals surface area contributed by atoms with Crippen molar-refractivity contribution < 1.29 is 14.7 Å². The molecule has 2 aliphatic rings. The molecule has 2 fully saturated rings. The van der Waals surface area contributed by atoms with Gasteiger partial charge in [0.2, 0.25) is 5.91 Å². The number of halogens is 1. The minimum Gasteiger partial charge on any atom is -0.481 e. The van der Waals surface area contributed by atoms with E-state index in [2.05, 4.69) is 5.32 Å². The van der Waals surface area contributed by atoms with E-state index in [9.17, 15) is 9.59 Å². The highest BCUT2D eigenvalue weighted by Gasteiger charge is 2.46. The van der Waals surface area contributed by atoms with Gasteiger partial charge in [-0.3, -0.25) is 9.59 Å². The van der Waals surface area contributed by atoms with E-state index < -0.39 is 5.97 Å². The molecule has 1 amide bonds. The summed E-state index contributed by atoms with van der Waals surface area (Å²) < 4.78 is 0. The van der Waals surface area contributed by atoms with Crippen LogP contribution in [0.15, 0.2) is 24.3 Å². The van der Waals surface area contributed by atoms with Crippen LogP contribution in [-0.2, 0) is 9.59 Å². The maximum absolute atomic E-state index is 12.1. The molecule has 1 aromatic carbocycles. The molecule has 2 aliphatic carbocycles. The topological polar surface area (TPSA) is 66.4 Å². The Morgan fingerprint density at radius 2 is 1.90 bits per heavy atom. The van der Waals surface area contributed by atoms with Crippen molar-refractivity contribution in [2.45, 2.75) is 31.2 Å². The Bertz CT molecular complexity index is 554. The summed E-state index contributed by atoms with van der Waals surface area (Å²) in [6, 6.07) is 7.63. The monoisotopic (exact) mass is 293 g/mol. The van der Waals surface area contributed by atoms with Crippen molar-refractivity contribution in [3.8, 4) is 0 Å². The zero-order valence-corrected chi connectivity index (χ0v) is 11.6. The molecule has 2 atom stereocenters. The Kier molecular flexibility index (Phi) is 3.42. The normalized spacial score (nSPS) is 31.2. The second-order valence-electron chi connectivity index (χ2n) is 5.68. The third-order valence-corrected chi connectivity index (χ3v) is 4.61. The minimum absolute atomic E-state index is 0.0150. The zero-order valence-electron chi connectivity index (χ0n) is 10.9. The number of carboxylic acids is 1. The van der Waals surface area contributed by atoms with Gasteiger partial charge in [-0.05, 0) is 36.8 Å². The Morgan fingerprint density at radius 3 is 2.55 bits per heavy atom. The van der Waals surface area contributed by atoms with Crippen molar-refractivity contribution in [2.75, 3.05) is 0 Å². The van der Waals surface area contributed by atoms with Gasteiger partial charge < -0.3 is 10.4 Å². The van der Waals surface area contributed by atoms with Gasteiger partial charge in [0.05, 0.1) is 5.92 Å². The molecular weight excluding hydrogens is 278 g/mol. The number of carbonyl (C=O) groups excluding carboxylic acids is 1. The van der Waals surface area contributed by atoms with E-state index in [0.29, 0.717) is 17.9 Å². The molecule has 2 N–H and O–H groups in total.